The van der Waals surface area contributed by atoms with E-state index >= 15 is 0 Å². The molecule has 8 heteroatoms. The summed E-state index contributed by atoms with van der Waals surface area (Å²) in [5.74, 6) is 0.205. The molecule has 0 fully saturated rings. The highest BCUT2D eigenvalue weighted by atomic mass is 32.2. The van der Waals surface area contributed by atoms with Crippen molar-refractivity contribution in [2.45, 2.75) is 19.1 Å². The molecule has 0 saturated carbocycles. The Bertz CT molecular complexity index is 497. The summed E-state index contributed by atoms with van der Waals surface area (Å²) in [6.45, 7) is 2.19. The van der Waals surface area contributed by atoms with Gasteiger partial charge in [0, 0.05) is 20.1 Å². The highest BCUT2D eigenvalue weighted by Gasteiger charge is 2.31. The zero-order valence-electron chi connectivity index (χ0n) is 11.1. The smallest absolute Gasteiger partial charge is 0.317 e. The third-order valence-electron chi connectivity index (χ3n) is 2.33. The van der Waals surface area contributed by atoms with Crippen LogP contribution >= 0.6 is 0 Å². The lowest BCUT2D eigenvalue weighted by Gasteiger charge is -2.32. The molecule has 0 spiro atoms. The van der Waals surface area contributed by atoms with Gasteiger partial charge in [-0.3, -0.25) is 0 Å². The summed E-state index contributed by atoms with van der Waals surface area (Å²) in [4.78, 5) is 11.4. The lowest BCUT2D eigenvalue weighted by molar-refractivity contribution is -0.0171. The zero-order chi connectivity index (χ0) is 14.5. The number of carbonyl (C=O) groups excluding carboxylic acids is 1. The van der Waals surface area contributed by atoms with E-state index in [2.05, 4.69) is 10.6 Å². The van der Waals surface area contributed by atoms with Gasteiger partial charge in [-0.15, -0.1) is 0 Å². The molecule has 0 bridgehead atoms. The fraction of sp³-hybridized carbons (Fsp3) is 0.545. The molecule has 1 aliphatic rings. The van der Waals surface area contributed by atoms with E-state index in [0.717, 1.165) is 6.26 Å². The minimum absolute atomic E-state index is 0.205. The molecule has 0 aromatic rings. The van der Waals surface area contributed by atoms with E-state index in [0.29, 0.717) is 6.61 Å². The topological polar surface area (TPSA) is 93.7 Å². The Kier molecular flexibility index (Phi) is 4.96. The maximum atomic E-state index is 11.4. The van der Waals surface area contributed by atoms with Crippen LogP contribution < -0.4 is 10.6 Å². The van der Waals surface area contributed by atoms with Crippen molar-refractivity contribution in [3.05, 3.63) is 24.0 Å². The molecule has 108 valence electrons. The van der Waals surface area contributed by atoms with E-state index in [-0.39, 0.29) is 18.2 Å². The number of allylic oxidation sites excluding steroid dienone is 1. The Morgan fingerprint density at radius 1 is 1.53 bits per heavy atom. The number of rotatable bonds is 5. The van der Waals surface area contributed by atoms with Crippen molar-refractivity contribution in [1.29, 1.82) is 0 Å². The van der Waals surface area contributed by atoms with Crippen LogP contribution in [0, 0.1) is 0 Å². The maximum absolute atomic E-state index is 11.4. The predicted molar refractivity (Wildman–Crippen MR) is 69.7 cm³/mol. The predicted octanol–water partition coefficient (Wildman–Crippen LogP) is 0.468. The number of nitrogens with one attached hydrogen (secondary N) is 2. The summed E-state index contributed by atoms with van der Waals surface area (Å²) >= 11 is 0. The standard InChI is InChI=1S/C11H18N2O5S/c1-4-17-11(13-10(14)12-2)7-5-9(6-8-11)18-19(3,15)16/h5-7H,4,8H2,1-3H3,(H2,12,13,14). The molecule has 2 N–H and O–H groups in total. The van der Waals surface area contributed by atoms with Crippen LogP contribution in [0.4, 0.5) is 4.79 Å². The van der Waals surface area contributed by atoms with E-state index in [1.807, 2.05) is 0 Å². The minimum Gasteiger partial charge on any atom is -0.383 e. The first-order valence-electron chi connectivity index (χ1n) is 5.73. The van der Waals surface area contributed by atoms with Gasteiger partial charge in [0.1, 0.15) is 5.76 Å². The molecule has 7 nitrogen and oxygen atoms in total. The van der Waals surface area contributed by atoms with Gasteiger partial charge in [-0.1, -0.05) is 0 Å². The molecule has 1 atom stereocenters. The largest absolute Gasteiger partial charge is 0.383 e. The van der Waals surface area contributed by atoms with Crippen molar-refractivity contribution in [3.8, 4) is 0 Å². The van der Waals surface area contributed by atoms with E-state index in [9.17, 15) is 13.2 Å². The maximum Gasteiger partial charge on any atom is 0.317 e. The fourth-order valence-corrected chi connectivity index (χ4v) is 2.06. The first-order chi connectivity index (χ1) is 8.80. The lowest BCUT2D eigenvalue weighted by atomic mass is 10.0. The Balaban J connectivity index is 2.80. The fourth-order valence-electron chi connectivity index (χ4n) is 1.59. The van der Waals surface area contributed by atoms with E-state index in [1.165, 1.54) is 13.1 Å². The summed E-state index contributed by atoms with van der Waals surface area (Å²) in [6, 6.07) is -0.390. The van der Waals surface area contributed by atoms with Gasteiger partial charge in [0.15, 0.2) is 5.72 Å². The summed E-state index contributed by atoms with van der Waals surface area (Å²) in [6.07, 6.45) is 5.81. The molecule has 2 amide bonds. The number of urea groups is 1. The van der Waals surface area contributed by atoms with Crippen LogP contribution in [-0.4, -0.2) is 40.1 Å². The Morgan fingerprint density at radius 3 is 2.63 bits per heavy atom. The lowest BCUT2D eigenvalue weighted by Crippen LogP contribution is -2.52. The molecule has 19 heavy (non-hydrogen) atoms. The molecule has 0 radical (unpaired) electrons. The number of hydrogen-bond acceptors (Lipinski definition) is 5. The van der Waals surface area contributed by atoms with Gasteiger partial charge in [-0.2, -0.15) is 8.42 Å². The van der Waals surface area contributed by atoms with Gasteiger partial charge >= 0.3 is 16.1 Å². The Morgan fingerprint density at radius 2 is 2.21 bits per heavy atom. The van der Waals surface area contributed by atoms with Crippen molar-refractivity contribution < 1.29 is 22.1 Å². The molecule has 1 rings (SSSR count). The number of amides is 2. The van der Waals surface area contributed by atoms with Crippen LogP contribution in [0.3, 0.4) is 0 Å². The van der Waals surface area contributed by atoms with Crippen LogP contribution in [-0.2, 0) is 19.0 Å². The number of hydrogen-bond donors (Lipinski definition) is 2. The van der Waals surface area contributed by atoms with Gasteiger partial charge in [0.2, 0.25) is 0 Å². The summed E-state index contributed by atoms with van der Waals surface area (Å²) in [5, 5.41) is 5.09. The third-order valence-corrected chi connectivity index (χ3v) is 2.82. The zero-order valence-corrected chi connectivity index (χ0v) is 11.9. The number of ether oxygens (including phenoxy) is 1. The van der Waals surface area contributed by atoms with E-state index < -0.39 is 15.8 Å². The highest BCUT2D eigenvalue weighted by Crippen LogP contribution is 2.23. The molecule has 0 aromatic heterocycles. The van der Waals surface area contributed by atoms with E-state index in [1.54, 1.807) is 19.1 Å². The monoisotopic (exact) mass is 290 g/mol. The first-order valence-corrected chi connectivity index (χ1v) is 7.54. The normalized spacial score (nSPS) is 22.6. The molecule has 0 saturated heterocycles. The summed E-state index contributed by atoms with van der Waals surface area (Å²) in [5.41, 5.74) is -0.987. The summed E-state index contributed by atoms with van der Waals surface area (Å²) < 4.78 is 32.3. The average molecular weight is 290 g/mol. The van der Waals surface area contributed by atoms with Crippen LogP contribution in [0.2, 0.25) is 0 Å². The molecular formula is C11H18N2O5S. The van der Waals surface area contributed by atoms with Crippen molar-refractivity contribution in [2.75, 3.05) is 19.9 Å². The second kappa shape index (κ2) is 6.07. The first kappa shape index (κ1) is 15.5. The van der Waals surface area contributed by atoms with Gasteiger partial charge < -0.3 is 19.6 Å². The van der Waals surface area contributed by atoms with Crippen molar-refractivity contribution in [3.63, 3.8) is 0 Å². The van der Waals surface area contributed by atoms with Crippen LogP contribution in [0.5, 0.6) is 0 Å². The number of carbonyl (C=O) groups is 1. The van der Waals surface area contributed by atoms with E-state index in [4.69, 9.17) is 8.92 Å². The second-order valence-electron chi connectivity index (χ2n) is 3.96. The Labute approximate surface area is 112 Å². The molecule has 0 heterocycles. The van der Waals surface area contributed by atoms with Crippen molar-refractivity contribution in [1.82, 2.24) is 10.6 Å². The molecular weight excluding hydrogens is 272 g/mol. The second-order valence-corrected chi connectivity index (χ2v) is 5.53. The van der Waals surface area contributed by atoms with Crippen LogP contribution in [0.15, 0.2) is 24.0 Å². The highest BCUT2D eigenvalue weighted by molar-refractivity contribution is 7.86. The minimum atomic E-state index is -3.56. The molecule has 1 unspecified atom stereocenters. The SMILES string of the molecule is CCOC1(NC(=O)NC)C=CC(OS(C)(=O)=O)=CC1. The average Bonchev–Trinajstić information content (AvgIpc) is 2.31. The quantitative estimate of drug-likeness (QED) is 0.567. The van der Waals surface area contributed by atoms with Gasteiger partial charge in [0.05, 0.1) is 6.26 Å². The van der Waals surface area contributed by atoms with Gasteiger partial charge in [-0.05, 0) is 25.2 Å². The van der Waals surface area contributed by atoms with Gasteiger partial charge in [-0.25, -0.2) is 4.79 Å². The summed E-state index contributed by atoms with van der Waals surface area (Å²) in [7, 11) is -2.07. The Hall–Kier alpha value is -1.54. The van der Waals surface area contributed by atoms with Crippen molar-refractivity contribution in [2.24, 2.45) is 0 Å². The molecule has 1 aliphatic carbocycles. The molecule has 0 aromatic carbocycles. The third kappa shape index (κ3) is 4.92. The van der Waals surface area contributed by atoms with Crippen LogP contribution in [0.25, 0.3) is 0 Å². The van der Waals surface area contributed by atoms with Gasteiger partial charge in [0.25, 0.3) is 0 Å². The van der Waals surface area contributed by atoms with Crippen LogP contribution in [0.1, 0.15) is 13.3 Å². The van der Waals surface area contributed by atoms with Crippen molar-refractivity contribution >= 4 is 16.1 Å². The molecule has 0 aliphatic heterocycles.